The van der Waals surface area contributed by atoms with E-state index in [1.165, 1.54) is 11.0 Å². The Morgan fingerprint density at radius 2 is 1.82 bits per heavy atom. The van der Waals surface area contributed by atoms with Gasteiger partial charge in [-0.3, -0.25) is 9.59 Å². The molecule has 3 heterocycles. The molecule has 204 valence electrons. The van der Waals surface area contributed by atoms with Crippen molar-refractivity contribution in [3.05, 3.63) is 41.9 Å². The quantitative estimate of drug-likeness (QED) is 0.411. The van der Waals surface area contributed by atoms with Crippen LogP contribution in [0.1, 0.15) is 99.2 Å². The normalized spacial score (nSPS) is 19.3. The largest absolute Gasteiger partial charge is 0.349 e. The van der Waals surface area contributed by atoms with Crippen LogP contribution in [0.3, 0.4) is 0 Å². The first-order valence-corrected chi connectivity index (χ1v) is 13.5. The predicted octanol–water partition coefficient (Wildman–Crippen LogP) is 4.00. The number of rotatable bonds is 10. The van der Waals surface area contributed by atoms with Gasteiger partial charge < -0.3 is 10.6 Å². The van der Waals surface area contributed by atoms with E-state index >= 15 is 0 Å². The van der Waals surface area contributed by atoms with Gasteiger partial charge in [0, 0.05) is 25.8 Å². The monoisotopic (exact) mass is 528 g/mol. The number of halogens is 2. The van der Waals surface area contributed by atoms with E-state index in [0.29, 0.717) is 30.2 Å². The number of aromatic nitrogens is 6. The smallest absolute Gasteiger partial charge is 0.289 e. The fourth-order valence-electron chi connectivity index (χ4n) is 5.31. The number of fused-ring (bicyclic) bond motifs is 1. The summed E-state index contributed by atoms with van der Waals surface area (Å²) in [5, 5.41) is 14.8. The van der Waals surface area contributed by atoms with Crippen LogP contribution in [0.2, 0.25) is 0 Å². The standard InChI is InChI=1S/C26H34F2N8O2/c1-3-5-21(37)33-22(16-6-7-16)18-12-20-32-19(14-36(20)30-13-18)23(17-8-10-26(27,28)11-9-17)34-25(38)24-29-15-31-35(24)4-2/h12-17,22-23H,3-11H2,1-2H3,(H,33,37)(H,34,38)/t22-,23+/m1/s1. The van der Waals surface area contributed by atoms with Crippen LogP contribution in [-0.2, 0) is 11.3 Å². The fourth-order valence-corrected chi connectivity index (χ4v) is 5.31. The summed E-state index contributed by atoms with van der Waals surface area (Å²) in [4.78, 5) is 34.4. The number of imidazole rings is 1. The summed E-state index contributed by atoms with van der Waals surface area (Å²) in [6.45, 7) is 4.30. The first kappa shape index (κ1) is 26.2. The molecule has 0 radical (unpaired) electrons. The van der Waals surface area contributed by atoms with Gasteiger partial charge in [-0.15, -0.1) is 0 Å². The molecule has 0 unspecified atom stereocenters. The Bertz CT molecular complexity index is 1290. The lowest BCUT2D eigenvalue weighted by molar-refractivity contribution is -0.122. The van der Waals surface area contributed by atoms with Crippen molar-refractivity contribution in [3.63, 3.8) is 0 Å². The Morgan fingerprint density at radius 1 is 1.08 bits per heavy atom. The molecule has 0 bridgehead atoms. The van der Waals surface area contributed by atoms with Gasteiger partial charge >= 0.3 is 0 Å². The Balaban J connectivity index is 1.43. The zero-order chi connectivity index (χ0) is 26.9. The minimum atomic E-state index is -2.69. The van der Waals surface area contributed by atoms with Gasteiger partial charge in [-0.1, -0.05) is 6.92 Å². The van der Waals surface area contributed by atoms with Gasteiger partial charge in [-0.25, -0.2) is 27.9 Å². The Labute approximate surface area is 219 Å². The van der Waals surface area contributed by atoms with E-state index in [2.05, 4.69) is 25.8 Å². The van der Waals surface area contributed by atoms with Crippen molar-refractivity contribution in [2.24, 2.45) is 11.8 Å². The van der Waals surface area contributed by atoms with E-state index < -0.39 is 17.9 Å². The van der Waals surface area contributed by atoms with E-state index in [0.717, 1.165) is 24.8 Å². The lowest BCUT2D eigenvalue weighted by atomic mass is 9.81. The second-order valence-electron chi connectivity index (χ2n) is 10.4. The highest BCUT2D eigenvalue weighted by atomic mass is 19.3. The molecule has 0 saturated heterocycles. The molecule has 2 amide bonds. The summed E-state index contributed by atoms with van der Waals surface area (Å²) < 4.78 is 31.0. The Morgan fingerprint density at radius 3 is 2.50 bits per heavy atom. The van der Waals surface area contributed by atoms with Crippen LogP contribution >= 0.6 is 0 Å². The van der Waals surface area contributed by atoms with E-state index in [9.17, 15) is 18.4 Å². The zero-order valence-electron chi connectivity index (χ0n) is 21.7. The Hall–Kier alpha value is -3.44. The third-order valence-corrected chi connectivity index (χ3v) is 7.56. The molecular weight excluding hydrogens is 494 g/mol. The molecule has 0 aromatic carbocycles. The second-order valence-corrected chi connectivity index (χ2v) is 10.4. The second kappa shape index (κ2) is 10.7. The average molecular weight is 529 g/mol. The maximum absolute atomic E-state index is 14.0. The van der Waals surface area contributed by atoms with Crippen molar-refractivity contribution in [2.45, 2.75) is 89.8 Å². The summed E-state index contributed by atoms with van der Waals surface area (Å²) in [5.74, 6) is -2.77. The first-order valence-electron chi connectivity index (χ1n) is 13.5. The number of hydrogen-bond donors (Lipinski definition) is 2. The number of hydrogen-bond acceptors (Lipinski definition) is 6. The Kier molecular flexibility index (Phi) is 7.40. The van der Waals surface area contributed by atoms with Crippen molar-refractivity contribution in [1.29, 1.82) is 0 Å². The average Bonchev–Trinajstić information content (AvgIpc) is 3.45. The summed E-state index contributed by atoms with van der Waals surface area (Å²) >= 11 is 0. The number of carbonyl (C=O) groups excluding carboxylic acids is 2. The minimum absolute atomic E-state index is 0.0186. The highest BCUT2D eigenvalue weighted by Gasteiger charge is 2.40. The summed E-state index contributed by atoms with van der Waals surface area (Å²) in [6, 6.07) is 1.20. The van der Waals surface area contributed by atoms with E-state index in [1.54, 1.807) is 16.9 Å². The molecule has 2 saturated carbocycles. The molecular formula is C26H34F2N8O2. The summed E-state index contributed by atoms with van der Waals surface area (Å²) in [5.41, 5.74) is 2.01. The van der Waals surface area contributed by atoms with E-state index in [1.807, 2.05) is 19.9 Å². The number of nitrogens with zero attached hydrogens (tertiary/aromatic N) is 6. The third kappa shape index (κ3) is 5.68. The summed E-state index contributed by atoms with van der Waals surface area (Å²) in [7, 11) is 0. The molecule has 2 atom stereocenters. The molecule has 2 fully saturated rings. The lowest BCUT2D eigenvalue weighted by Gasteiger charge is -2.33. The molecule has 2 aliphatic rings. The van der Waals surface area contributed by atoms with Crippen LogP contribution < -0.4 is 10.6 Å². The van der Waals surface area contributed by atoms with Crippen LogP contribution in [0.15, 0.2) is 24.8 Å². The van der Waals surface area contributed by atoms with Crippen LogP contribution in [0.5, 0.6) is 0 Å². The van der Waals surface area contributed by atoms with Crippen LogP contribution in [0, 0.1) is 11.8 Å². The van der Waals surface area contributed by atoms with E-state index in [-0.39, 0.29) is 49.4 Å². The SMILES string of the molecule is CCCC(=O)N[C@@H](c1cnn2cc([C@@H](NC(=O)c3ncnn3CC)C3CCC(F)(F)CC3)nc2c1)C1CC1. The van der Waals surface area contributed by atoms with Crippen LogP contribution in [0.25, 0.3) is 5.65 Å². The zero-order valence-corrected chi connectivity index (χ0v) is 21.7. The van der Waals surface area contributed by atoms with Crippen molar-refractivity contribution in [2.75, 3.05) is 0 Å². The lowest BCUT2D eigenvalue weighted by Crippen LogP contribution is -2.38. The number of aryl methyl sites for hydroxylation is 1. The molecule has 5 rings (SSSR count). The molecule has 2 aliphatic carbocycles. The van der Waals surface area contributed by atoms with Gasteiger partial charge in [0.15, 0.2) is 5.65 Å². The van der Waals surface area contributed by atoms with Gasteiger partial charge in [0.2, 0.25) is 17.7 Å². The molecule has 3 aromatic heterocycles. The van der Waals surface area contributed by atoms with Gasteiger partial charge in [0.25, 0.3) is 5.91 Å². The summed E-state index contributed by atoms with van der Waals surface area (Å²) in [6.07, 6.45) is 8.21. The maximum atomic E-state index is 14.0. The molecule has 12 heteroatoms. The van der Waals surface area contributed by atoms with Crippen molar-refractivity contribution in [1.82, 2.24) is 40.0 Å². The number of carbonyl (C=O) groups is 2. The molecule has 0 aliphatic heterocycles. The topological polar surface area (TPSA) is 119 Å². The van der Waals surface area contributed by atoms with Gasteiger partial charge in [-0.05, 0) is 62.5 Å². The van der Waals surface area contributed by atoms with Crippen LogP contribution in [0.4, 0.5) is 8.78 Å². The van der Waals surface area contributed by atoms with Gasteiger partial charge in [-0.2, -0.15) is 10.2 Å². The van der Waals surface area contributed by atoms with E-state index in [4.69, 9.17) is 4.98 Å². The van der Waals surface area contributed by atoms with Gasteiger partial charge in [0.1, 0.15) is 6.33 Å². The predicted molar refractivity (Wildman–Crippen MR) is 134 cm³/mol. The molecule has 2 N–H and O–H groups in total. The minimum Gasteiger partial charge on any atom is -0.349 e. The molecule has 10 nitrogen and oxygen atoms in total. The number of amides is 2. The van der Waals surface area contributed by atoms with Crippen molar-refractivity contribution >= 4 is 17.5 Å². The highest BCUT2D eigenvalue weighted by molar-refractivity contribution is 5.90. The molecule has 0 spiro atoms. The maximum Gasteiger partial charge on any atom is 0.289 e. The fraction of sp³-hybridized carbons (Fsp3) is 0.615. The molecule has 38 heavy (non-hydrogen) atoms. The first-order chi connectivity index (χ1) is 18.3. The highest BCUT2D eigenvalue weighted by Crippen LogP contribution is 2.42. The molecule has 3 aromatic rings. The number of alkyl halides is 2. The van der Waals surface area contributed by atoms with Crippen molar-refractivity contribution in [3.8, 4) is 0 Å². The van der Waals surface area contributed by atoms with Crippen molar-refractivity contribution < 1.29 is 18.4 Å². The van der Waals surface area contributed by atoms with Gasteiger partial charge in [0.05, 0.1) is 30.2 Å². The van der Waals surface area contributed by atoms with Crippen LogP contribution in [-0.4, -0.2) is 47.1 Å². The number of nitrogens with one attached hydrogen (secondary N) is 2. The third-order valence-electron chi connectivity index (χ3n) is 7.56.